The Morgan fingerprint density at radius 3 is 2.29 bits per heavy atom. The summed E-state index contributed by atoms with van der Waals surface area (Å²) in [5.41, 5.74) is 1.34. The molecule has 0 aliphatic rings. The topological polar surface area (TPSA) is 102 Å². The van der Waals surface area contributed by atoms with E-state index in [2.05, 4.69) is 10.6 Å². The van der Waals surface area contributed by atoms with Crippen molar-refractivity contribution in [3.05, 3.63) is 59.7 Å². The molecular formula is C15H11N3O3. The molecule has 2 amide bonds. The lowest BCUT2D eigenvalue weighted by Gasteiger charge is -2.08. The minimum atomic E-state index is -1.03. The maximum Gasteiger partial charge on any atom is 0.335 e. The maximum atomic E-state index is 11.8. The van der Waals surface area contributed by atoms with Gasteiger partial charge in [0, 0.05) is 5.69 Å². The zero-order valence-electron chi connectivity index (χ0n) is 10.8. The summed E-state index contributed by atoms with van der Waals surface area (Å²) in [6.45, 7) is 0. The van der Waals surface area contributed by atoms with E-state index in [9.17, 15) is 9.59 Å². The molecule has 2 aromatic carbocycles. The Bertz CT molecular complexity index is 718. The highest BCUT2D eigenvalue weighted by molar-refractivity contribution is 6.00. The number of para-hydroxylation sites is 1. The number of urea groups is 1. The molecule has 0 aliphatic carbocycles. The SMILES string of the molecule is N#Cc1ccccc1NC(=O)Nc1ccc(C(=O)O)cc1. The van der Waals surface area contributed by atoms with Gasteiger partial charge in [-0.15, -0.1) is 0 Å². The molecule has 2 aromatic rings. The summed E-state index contributed by atoms with van der Waals surface area (Å²) >= 11 is 0. The summed E-state index contributed by atoms with van der Waals surface area (Å²) < 4.78 is 0. The number of carboxylic acids is 1. The summed E-state index contributed by atoms with van der Waals surface area (Å²) in [7, 11) is 0. The molecule has 0 saturated carbocycles. The molecule has 6 heteroatoms. The van der Waals surface area contributed by atoms with Gasteiger partial charge in [0.05, 0.1) is 16.8 Å². The molecule has 0 fully saturated rings. The van der Waals surface area contributed by atoms with E-state index in [4.69, 9.17) is 10.4 Å². The molecule has 2 rings (SSSR count). The highest BCUT2D eigenvalue weighted by Crippen LogP contribution is 2.15. The lowest BCUT2D eigenvalue weighted by Crippen LogP contribution is -2.20. The highest BCUT2D eigenvalue weighted by atomic mass is 16.4. The standard InChI is InChI=1S/C15H11N3O3/c16-9-11-3-1-2-4-13(11)18-15(21)17-12-7-5-10(6-8-12)14(19)20/h1-8H,(H,19,20)(H2,17,18,21). The number of amides is 2. The van der Waals surface area contributed by atoms with E-state index in [1.165, 1.54) is 24.3 Å². The van der Waals surface area contributed by atoms with Gasteiger partial charge in [0.15, 0.2) is 0 Å². The second-order valence-electron chi connectivity index (χ2n) is 4.12. The van der Waals surface area contributed by atoms with Gasteiger partial charge in [0.2, 0.25) is 0 Å². The van der Waals surface area contributed by atoms with Crippen molar-refractivity contribution in [2.24, 2.45) is 0 Å². The Balaban J connectivity index is 2.05. The Labute approximate surface area is 120 Å². The Morgan fingerprint density at radius 2 is 1.67 bits per heavy atom. The van der Waals surface area contributed by atoms with E-state index in [1.54, 1.807) is 24.3 Å². The number of aromatic carboxylic acids is 1. The second-order valence-corrected chi connectivity index (χ2v) is 4.12. The zero-order valence-corrected chi connectivity index (χ0v) is 10.8. The van der Waals surface area contributed by atoms with Crippen molar-refractivity contribution in [3.8, 4) is 6.07 Å². The van der Waals surface area contributed by atoms with E-state index < -0.39 is 12.0 Å². The van der Waals surface area contributed by atoms with Crippen molar-refractivity contribution in [3.63, 3.8) is 0 Å². The fraction of sp³-hybridized carbons (Fsp3) is 0. The number of nitrogens with one attached hydrogen (secondary N) is 2. The van der Waals surface area contributed by atoms with Gasteiger partial charge in [-0.25, -0.2) is 9.59 Å². The molecule has 0 atom stereocenters. The molecule has 0 aliphatic heterocycles. The average Bonchev–Trinajstić information content (AvgIpc) is 2.48. The maximum absolute atomic E-state index is 11.8. The number of hydrogen-bond donors (Lipinski definition) is 3. The van der Waals surface area contributed by atoms with E-state index in [0.29, 0.717) is 16.9 Å². The lowest BCUT2D eigenvalue weighted by molar-refractivity contribution is 0.0697. The van der Waals surface area contributed by atoms with Gasteiger partial charge >= 0.3 is 12.0 Å². The molecule has 21 heavy (non-hydrogen) atoms. The zero-order chi connectivity index (χ0) is 15.2. The van der Waals surface area contributed by atoms with Gasteiger partial charge in [0.25, 0.3) is 0 Å². The number of carbonyl (C=O) groups is 2. The Morgan fingerprint density at radius 1 is 1.00 bits per heavy atom. The quantitative estimate of drug-likeness (QED) is 0.804. The Hall–Kier alpha value is -3.33. The molecule has 0 heterocycles. The monoisotopic (exact) mass is 281 g/mol. The molecule has 6 nitrogen and oxygen atoms in total. The van der Waals surface area contributed by atoms with E-state index in [-0.39, 0.29) is 5.56 Å². The van der Waals surface area contributed by atoms with Crippen LogP contribution in [0.25, 0.3) is 0 Å². The number of carbonyl (C=O) groups excluding carboxylic acids is 1. The number of nitrogens with zero attached hydrogens (tertiary/aromatic N) is 1. The summed E-state index contributed by atoms with van der Waals surface area (Å²) in [6.07, 6.45) is 0. The van der Waals surface area contributed by atoms with Crippen LogP contribution in [0.15, 0.2) is 48.5 Å². The third-order valence-electron chi connectivity index (χ3n) is 2.69. The van der Waals surface area contributed by atoms with Gasteiger partial charge in [-0.3, -0.25) is 0 Å². The number of hydrogen-bond acceptors (Lipinski definition) is 3. The van der Waals surface area contributed by atoms with E-state index in [0.717, 1.165) is 0 Å². The fourth-order valence-corrected chi connectivity index (χ4v) is 1.67. The molecule has 0 aromatic heterocycles. The van der Waals surface area contributed by atoms with Gasteiger partial charge in [-0.05, 0) is 36.4 Å². The fourth-order valence-electron chi connectivity index (χ4n) is 1.67. The third kappa shape index (κ3) is 3.58. The first-order valence-corrected chi connectivity index (χ1v) is 6.00. The summed E-state index contributed by atoms with van der Waals surface area (Å²) in [5.74, 6) is -1.03. The van der Waals surface area contributed by atoms with Crippen LogP contribution < -0.4 is 10.6 Å². The highest BCUT2D eigenvalue weighted by Gasteiger charge is 2.07. The number of anilines is 2. The van der Waals surface area contributed by atoms with Crippen LogP contribution in [-0.2, 0) is 0 Å². The van der Waals surface area contributed by atoms with Crippen LogP contribution in [0, 0.1) is 11.3 Å². The van der Waals surface area contributed by atoms with Crippen molar-refractivity contribution in [1.29, 1.82) is 5.26 Å². The van der Waals surface area contributed by atoms with Gasteiger partial charge in [-0.2, -0.15) is 5.26 Å². The van der Waals surface area contributed by atoms with Crippen LogP contribution in [-0.4, -0.2) is 17.1 Å². The van der Waals surface area contributed by atoms with Crippen LogP contribution in [0.3, 0.4) is 0 Å². The molecule has 0 radical (unpaired) electrons. The van der Waals surface area contributed by atoms with Crippen LogP contribution >= 0.6 is 0 Å². The average molecular weight is 281 g/mol. The summed E-state index contributed by atoms with van der Waals surface area (Å²) in [6, 6.07) is 13.8. The molecule has 0 saturated heterocycles. The first-order chi connectivity index (χ1) is 10.1. The molecule has 0 bridgehead atoms. The minimum Gasteiger partial charge on any atom is -0.478 e. The van der Waals surface area contributed by atoms with Crippen molar-refractivity contribution in [2.75, 3.05) is 10.6 Å². The minimum absolute atomic E-state index is 0.135. The number of nitriles is 1. The Kier molecular flexibility index (Phi) is 4.17. The van der Waals surface area contributed by atoms with Gasteiger partial charge in [-0.1, -0.05) is 12.1 Å². The van der Waals surface area contributed by atoms with Gasteiger partial charge < -0.3 is 15.7 Å². The number of rotatable bonds is 3. The molecule has 0 unspecified atom stereocenters. The largest absolute Gasteiger partial charge is 0.478 e. The summed E-state index contributed by atoms with van der Waals surface area (Å²) in [5, 5.41) is 22.8. The van der Waals surface area contributed by atoms with Crippen LogP contribution in [0.5, 0.6) is 0 Å². The van der Waals surface area contributed by atoms with E-state index >= 15 is 0 Å². The summed E-state index contributed by atoms with van der Waals surface area (Å²) in [4.78, 5) is 22.5. The smallest absolute Gasteiger partial charge is 0.335 e. The van der Waals surface area contributed by atoms with Crippen molar-refractivity contribution < 1.29 is 14.7 Å². The molecule has 3 N–H and O–H groups in total. The predicted octanol–water partition coefficient (Wildman–Crippen LogP) is 2.90. The van der Waals surface area contributed by atoms with Crippen LogP contribution in [0.1, 0.15) is 15.9 Å². The first kappa shape index (κ1) is 14.1. The lowest BCUT2D eigenvalue weighted by atomic mass is 10.2. The van der Waals surface area contributed by atoms with Crippen molar-refractivity contribution in [1.82, 2.24) is 0 Å². The predicted molar refractivity (Wildman–Crippen MR) is 77.2 cm³/mol. The van der Waals surface area contributed by atoms with Crippen LogP contribution in [0.2, 0.25) is 0 Å². The van der Waals surface area contributed by atoms with Crippen LogP contribution in [0.4, 0.5) is 16.2 Å². The van der Waals surface area contributed by atoms with Crippen molar-refractivity contribution in [2.45, 2.75) is 0 Å². The number of benzene rings is 2. The normalized spacial score (nSPS) is 9.48. The first-order valence-electron chi connectivity index (χ1n) is 6.00. The van der Waals surface area contributed by atoms with Crippen molar-refractivity contribution >= 4 is 23.4 Å². The van der Waals surface area contributed by atoms with E-state index in [1.807, 2.05) is 6.07 Å². The third-order valence-corrected chi connectivity index (χ3v) is 2.69. The molecular weight excluding hydrogens is 270 g/mol. The second kappa shape index (κ2) is 6.21. The molecule has 104 valence electrons. The number of carboxylic acid groups (broad SMARTS) is 1. The molecule has 0 spiro atoms. The van der Waals surface area contributed by atoms with Gasteiger partial charge in [0.1, 0.15) is 6.07 Å².